The van der Waals surface area contributed by atoms with Gasteiger partial charge in [0.25, 0.3) is 0 Å². The third kappa shape index (κ3) is 4.88. The lowest BCUT2D eigenvalue weighted by atomic mass is 10.2. The van der Waals surface area contributed by atoms with Gasteiger partial charge in [-0.15, -0.1) is 0 Å². The summed E-state index contributed by atoms with van der Waals surface area (Å²) in [6.07, 6.45) is -0.873. The van der Waals surface area contributed by atoms with Crippen LogP contribution in [0.15, 0.2) is 12.1 Å². The van der Waals surface area contributed by atoms with Gasteiger partial charge in [0.2, 0.25) is 0 Å². The van der Waals surface area contributed by atoms with Crippen molar-refractivity contribution in [1.82, 2.24) is 5.32 Å². The zero-order valence-corrected chi connectivity index (χ0v) is 10.9. The molecule has 7 nitrogen and oxygen atoms in total. The first kappa shape index (κ1) is 16.6. The summed E-state index contributed by atoms with van der Waals surface area (Å²) < 4.78 is 26.2. The fourth-order valence-corrected chi connectivity index (χ4v) is 1.59. The number of hydrogen-bond donors (Lipinski definition) is 4. The molecule has 0 saturated heterocycles. The predicted molar refractivity (Wildman–Crippen MR) is 67.2 cm³/mol. The molecule has 0 saturated carbocycles. The molecule has 0 aliphatic heterocycles. The summed E-state index contributed by atoms with van der Waals surface area (Å²) in [4.78, 5) is 32.7. The highest BCUT2D eigenvalue weighted by Crippen LogP contribution is 2.26. The number of amides is 2. The molecule has 0 radical (unpaired) electrons. The van der Waals surface area contributed by atoms with Crippen molar-refractivity contribution < 1.29 is 33.4 Å². The summed E-state index contributed by atoms with van der Waals surface area (Å²) in [5, 5.41) is 20.5. The maximum Gasteiger partial charge on any atom is 0.326 e. The van der Waals surface area contributed by atoms with Crippen LogP contribution in [0, 0.1) is 11.6 Å². The van der Waals surface area contributed by atoms with E-state index in [4.69, 9.17) is 21.8 Å². The van der Waals surface area contributed by atoms with Crippen LogP contribution < -0.4 is 10.6 Å². The van der Waals surface area contributed by atoms with Crippen LogP contribution >= 0.6 is 11.6 Å². The fraction of sp³-hybridized carbons (Fsp3) is 0.182. The van der Waals surface area contributed by atoms with Gasteiger partial charge in [-0.2, -0.15) is 0 Å². The Morgan fingerprint density at radius 3 is 2.33 bits per heavy atom. The van der Waals surface area contributed by atoms with E-state index in [0.29, 0.717) is 6.07 Å². The second-order valence-corrected chi connectivity index (χ2v) is 4.24. The number of urea groups is 1. The highest BCUT2D eigenvalue weighted by molar-refractivity contribution is 6.33. The lowest BCUT2D eigenvalue weighted by Gasteiger charge is -2.14. The number of aliphatic carboxylic acids is 2. The fourth-order valence-electron chi connectivity index (χ4n) is 1.34. The van der Waals surface area contributed by atoms with E-state index < -0.39 is 52.8 Å². The molecule has 2 amide bonds. The van der Waals surface area contributed by atoms with E-state index in [1.807, 2.05) is 10.6 Å². The average Bonchev–Trinajstić information content (AvgIpc) is 2.32. The van der Waals surface area contributed by atoms with Crippen LogP contribution in [0.3, 0.4) is 0 Å². The molecule has 0 fully saturated rings. The third-order valence-corrected chi connectivity index (χ3v) is 2.53. The molecule has 1 rings (SSSR count). The molecular weight excluding hydrogens is 314 g/mol. The minimum absolute atomic E-state index is 0.437. The lowest BCUT2D eigenvalue weighted by molar-refractivity contribution is -0.145. The summed E-state index contributed by atoms with van der Waals surface area (Å²) >= 11 is 5.53. The first-order chi connectivity index (χ1) is 9.70. The van der Waals surface area contributed by atoms with Crippen LogP contribution in [0.2, 0.25) is 5.02 Å². The molecule has 114 valence electrons. The van der Waals surface area contributed by atoms with Crippen LogP contribution in [-0.4, -0.2) is 34.2 Å². The zero-order valence-electron chi connectivity index (χ0n) is 10.2. The zero-order chi connectivity index (χ0) is 16.2. The van der Waals surface area contributed by atoms with Crippen molar-refractivity contribution >= 4 is 35.3 Å². The summed E-state index contributed by atoms with van der Waals surface area (Å²) in [6, 6.07) is -1.71. The van der Waals surface area contributed by atoms with E-state index in [1.54, 1.807) is 0 Å². The molecule has 0 aromatic heterocycles. The summed E-state index contributed by atoms with van der Waals surface area (Å²) in [5.74, 6) is -5.16. The van der Waals surface area contributed by atoms with Crippen molar-refractivity contribution in [3.63, 3.8) is 0 Å². The smallest absolute Gasteiger partial charge is 0.326 e. The minimum Gasteiger partial charge on any atom is -0.481 e. The predicted octanol–water partition coefficient (Wildman–Crippen LogP) is 1.67. The van der Waals surface area contributed by atoms with Gasteiger partial charge in [0.1, 0.15) is 11.9 Å². The van der Waals surface area contributed by atoms with Gasteiger partial charge >= 0.3 is 18.0 Å². The second-order valence-electron chi connectivity index (χ2n) is 3.83. The number of carboxylic acid groups (broad SMARTS) is 2. The summed E-state index contributed by atoms with van der Waals surface area (Å²) in [6.45, 7) is 0. The molecule has 0 unspecified atom stereocenters. The van der Waals surface area contributed by atoms with Gasteiger partial charge < -0.3 is 20.8 Å². The average molecular weight is 323 g/mol. The highest BCUT2D eigenvalue weighted by atomic mass is 35.5. The number of carbonyl (C=O) groups excluding carboxylic acids is 1. The van der Waals surface area contributed by atoms with Crippen LogP contribution in [0.25, 0.3) is 0 Å². The molecule has 10 heteroatoms. The van der Waals surface area contributed by atoms with Crippen LogP contribution in [-0.2, 0) is 9.59 Å². The molecule has 0 aliphatic rings. The summed E-state index contributed by atoms with van der Waals surface area (Å²) in [5.41, 5.74) is -0.560. The number of rotatable bonds is 5. The molecule has 0 heterocycles. The lowest BCUT2D eigenvalue weighted by Crippen LogP contribution is -2.44. The highest BCUT2D eigenvalue weighted by Gasteiger charge is 2.24. The summed E-state index contributed by atoms with van der Waals surface area (Å²) in [7, 11) is 0. The minimum atomic E-state index is -1.72. The topological polar surface area (TPSA) is 116 Å². The molecule has 1 aromatic rings. The Bertz CT molecular complexity index is 573. The Morgan fingerprint density at radius 1 is 1.24 bits per heavy atom. The van der Waals surface area contributed by atoms with Crippen molar-refractivity contribution in [2.75, 3.05) is 5.32 Å². The Labute approximate surface area is 121 Å². The number of halogens is 3. The first-order valence-electron chi connectivity index (χ1n) is 5.37. The molecular formula is C11H9ClF2N2O5. The monoisotopic (exact) mass is 322 g/mol. The van der Waals surface area contributed by atoms with Gasteiger partial charge in [-0.1, -0.05) is 11.6 Å². The largest absolute Gasteiger partial charge is 0.481 e. The van der Waals surface area contributed by atoms with Crippen molar-refractivity contribution in [2.24, 2.45) is 0 Å². The first-order valence-corrected chi connectivity index (χ1v) is 5.75. The normalized spacial score (nSPS) is 11.6. The van der Waals surface area contributed by atoms with E-state index in [-0.39, 0.29) is 0 Å². The maximum atomic E-state index is 13.4. The Kier molecular flexibility index (Phi) is 5.42. The molecule has 0 bridgehead atoms. The van der Waals surface area contributed by atoms with Crippen molar-refractivity contribution in [3.05, 3.63) is 28.8 Å². The molecule has 21 heavy (non-hydrogen) atoms. The van der Waals surface area contributed by atoms with Crippen molar-refractivity contribution in [2.45, 2.75) is 12.5 Å². The molecule has 1 atom stereocenters. The number of carboxylic acids is 2. The quantitative estimate of drug-likeness (QED) is 0.658. The van der Waals surface area contributed by atoms with Crippen LogP contribution in [0.5, 0.6) is 0 Å². The van der Waals surface area contributed by atoms with E-state index in [9.17, 15) is 23.2 Å². The van der Waals surface area contributed by atoms with Gasteiger partial charge in [-0.3, -0.25) is 4.79 Å². The molecule has 0 aliphatic carbocycles. The van der Waals surface area contributed by atoms with Crippen LogP contribution in [0.4, 0.5) is 19.3 Å². The van der Waals surface area contributed by atoms with Gasteiger partial charge in [0, 0.05) is 6.07 Å². The SMILES string of the molecule is O=C(O)C[C@H](NC(=O)Nc1c(F)cc(F)cc1Cl)C(=O)O. The van der Waals surface area contributed by atoms with Gasteiger partial charge in [0.05, 0.1) is 17.1 Å². The van der Waals surface area contributed by atoms with Gasteiger partial charge in [0.15, 0.2) is 5.82 Å². The van der Waals surface area contributed by atoms with E-state index in [2.05, 4.69) is 0 Å². The Morgan fingerprint density at radius 2 is 1.86 bits per heavy atom. The molecule has 1 aromatic carbocycles. The molecule has 0 spiro atoms. The number of anilines is 1. The van der Waals surface area contributed by atoms with E-state index in [0.717, 1.165) is 6.07 Å². The maximum absolute atomic E-state index is 13.4. The number of nitrogens with one attached hydrogen (secondary N) is 2. The number of carbonyl (C=O) groups is 3. The number of benzene rings is 1. The Balaban J connectivity index is 2.82. The standard InChI is InChI=1S/C11H9ClF2N2O5/c12-5-1-4(13)2-6(14)9(5)16-11(21)15-7(10(19)20)3-8(17)18/h1-2,7H,3H2,(H,17,18)(H,19,20)(H2,15,16,21)/t7-/m0/s1. The Hall–Kier alpha value is -2.42. The molecule has 4 N–H and O–H groups in total. The third-order valence-electron chi connectivity index (χ3n) is 2.23. The van der Waals surface area contributed by atoms with Gasteiger partial charge in [-0.05, 0) is 6.07 Å². The second kappa shape index (κ2) is 6.84. The van der Waals surface area contributed by atoms with Crippen molar-refractivity contribution in [3.8, 4) is 0 Å². The number of hydrogen-bond acceptors (Lipinski definition) is 3. The van der Waals surface area contributed by atoms with Crippen molar-refractivity contribution in [1.29, 1.82) is 0 Å². The van der Waals surface area contributed by atoms with Gasteiger partial charge in [-0.25, -0.2) is 18.4 Å². The van der Waals surface area contributed by atoms with Crippen LogP contribution in [0.1, 0.15) is 6.42 Å². The van der Waals surface area contributed by atoms with E-state index >= 15 is 0 Å². The van der Waals surface area contributed by atoms with E-state index in [1.165, 1.54) is 0 Å².